The van der Waals surface area contributed by atoms with E-state index in [1.807, 2.05) is 24.3 Å². The van der Waals surface area contributed by atoms with Gasteiger partial charge in [-0.15, -0.1) is 11.3 Å². The monoisotopic (exact) mass is 356 g/mol. The molecule has 3 N–H and O–H groups in total. The number of rotatable bonds is 5. The van der Waals surface area contributed by atoms with Crippen LogP contribution in [-0.4, -0.2) is 26.0 Å². The van der Waals surface area contributed by atoms with Crippen LogP contribution in [0.4, 0.5) is 5.69 Å². The summed E-state index contributed by atoms with van der Waals surface area (Å²) in [4.78, 5) is 24.8. The standard InChI is InChI=1S/C18H16N2O4S/c1-23-13-8-11(17(19)21)12(9-14(13)24-2)20-18(22)16-7-10-5-3-4-6-15(10)25-16/h3-9H,1-2H3,(H2,19,21)(H,20,22). The molecule has 1 heterocycles. The smallest absolute Gasteiger partial charge is 0.265 e. The number of carbonyl (C=O) groups is 2. The molecule has 0 unspecified atom stereocenters. The van der Waals surface area contributed by atoms with Crippen LogP contribution in [0.15, 0.2) is 42.5 Å². The molecule has 0 saturated heterocycles. The molecular weight excluding hydrogens is 340 g/mol. The lowest BCUT2D eigenvalue weighted by atomic mass is 10.1. The molecule has 1 aromatic heterocycles. The topological polar surface area (TPSA) is 90.6 Å². The van der Waals surface area contributed by atoms with Crippen LogP contribution < -0.4 is 20.5 Å². The minimum Gasteiger partial charge on any atom is -0.493 e. The number of nitrogens with two attached hydrogens (primary N) is 1. The Hall–Kier alpha value is -3.06. The summed E-state index contributed by atoms with van der Waals surface area (Å²) in [7, 11) is 2.93. The Kier molecular flexibility index (Phi) is 4.58. The van der Waals surface area contributed by atoms with E-state index in [-0.39, 0.29) is 17.2 Å². The molecule has 0 saturated carbocycles. The van der Waals surface area contributed by atoms with Crippen molar-refractivity contribution >= 4 is 38.9 Å². The van der Waals surface area contributed by atoms with Crippen LogP contribution >= 0.6 is 11.3 Å². The molecule has 7 heteroatoms. The van der Waals surface area contributed by atoms with Gasteiger partial charge in [0.25, 0.3) is 11.8 Å². The number of fused-ring (bicyclic) bond motifs is 1. The van der Waals surface area contributed by atoms with Crippen LogP contribution in [0.3, 0.4) is 0 Å². The number of nitrogens with one attached hydrogen (secondary N) is 1. The number of ether oxygens (including phenoxy) is 2. The highest BCUT2D eigenvalue weighted by Gasteiger charge is 2.18. The number of hydrogen-bond donors (Lipinski definition) is 2. The number of anilines is 1. The predicted octanol–water partition coefficient (Wildman–Crippen LogP) is 3.27. The number of amides is 2. The highest BCUT2D eigenvalue weighted by molar-refractivity contribution is 7.20. The molecule has 2 aromatic carbocycles. The average Bonchev–Trinajstić information content (AvgIpc) is 3.05. The van der Waals surface area contributed by atoms with Crippen molar-refractivity contribution in [3.63, 3.8) is 0 Å². The maximum absolute atomic E-state index is 12.6. The lowest BCUT2D eigenvalue weighted by Crippen LogP contribution is -2.18. The zero-order valence-electron chi connectivity index (χ0n) is 13.7. The third-order valence-corrected chi connectivity index (χ3v) is 4.80. The molecule has 0 fully saturated rings. The summed E-state index contributed by atoms with van der Waals surface area (Å²) in [6, 6.07) is 12.5. The Balaban J connectivity index is 1.98. The highest BCUT2D eigenvalue weighted by atomic mass is 32.1. The Morgan fingerprint density at radius 1 is 1.04 bits per heavy atom. The Bertz CT molecular complexity index is 932. The van der Waals surface area contributed by atoms with E-state index in [2.05, 4.69) is 5.32 Å². The maximum atomic E-state index is 12.6. The molecule has 6 nitrogen and oxygen atoms in total. The minimum atomic E-state index is -0.674. The Morgan fingerprint density at radius 3 is 2.36 bits per heavy atom. The third kappa shape index (κ3) is 3.27. The number of methoxy groups -OCH3 is 2. The van der Waals surface area contributed by atoms with E-state index in [1.165, 1.54) is 37.7 Å². The largest absolute Gasteiger partial charge is 0.493 e. The van der Waals surface area contributed by atoms with E-state index in [4.69, 9.17) is 15.2 Å². The molecule has 0 spiro atoms. The molecule has 128 valence electrons. The van der Waals surface area contributed by atoms with Crippen molar-refractivity contribution in [1.29, 1.82) is 0 Å². The predicted molar refractivity (Wildman–Crippen MR) is 97.8 cm³/mol. The van der Waals surface area contributed by atoms with E-state index >= 15 is 0 Å². The summed E-state index contributed by atoms with van der Waals surface area (Å²) in [5, 5.41) is 3.72. The highest BCUT2D eigenvalue weighted by Crippen LogP contribution is 2.34. The molecular formula is C18H16N2O4S. The molecule has 0 atom stereocenters. The molecule has 0 aliphatic carbocycles. The fraction of sp³-hybridized carbons (Fsp3) is 0.111. The van der Waals surface area contributed by atoms with Gasteiger partial charge in [0.1, 0.15) is 0 Å². The van der Waals surface area contributed by atoms with Crippen LogP contribution in [0.1, 0.15) is 20.0 Å². The summed E-state index contributed by atoms with van der Waals surface area (Å²) in [5.74, 6) is -0.251. The minimum absolute atomic E-state index is 0.145. The zero-order valence-corrected chi connectivity index (χ0v) is 14.5. The normalized spacial score (nSPS) is 10.5. The van der Waals surface area contributed by atoms with Gasteiger partial charge in [-0.3, -0.25) is 9.59 Å². The van der Waals surface area contributed by atoms with Gasteiger partial charge in [-0.05, 0) is 23.6 Å². The van der Waals surface area contributed by atoms with Gasteiger partial charge in [-0.1, -0.05) is 18.2 Å². The van der Waals surface area contributed by atoms with Gasteiger partial charge in [0.05, 0.1) is 30.3 Å². The number of thiophene rings is 1. The van der Waals surface area contributed by atoms with Gasteiger partial charge < -0.3 is 20.5 Å². The van der Waals surface area contributed by atoms with Crippen LogP contribution in [0.5, 0.6) is 11.5 Å². The van der Waals surface area contributed by atoms with Crippen LogP contribution in [0.2, 0.25) is 0 Å². The van der Waals surface area contributed by atoms with Gasteiger partial charge in [0.2, 0.25) is 0 Å². The van der Waals surface area contributed by atoms with Crippen molar-refractivity contribution < 1.29 is 19.1 Å². The average molecular weight is 356 g/mol. The first-order chi connectivity index (χ1) is 12.0. The first-order valence-corrected chi connectivity index (χ1v) is 8.21. The molecule has 0 bridgehead atoms. The maximum Gasteiger partial charge on any atom is 0.265 e. The van der Waals surface area contributed by atoms with Crippen molar-refractivity contribution in [1.82, 2.24) is 0 Å². The van der Waals surface area contributed by atoms with Crippen molar-refractivity contribution in [3.05, 3.63) is 52.9 Å². The van der Waals surface area contributed by atoms with Crippen molar-refractivity contribution in [3.8, 4) is 11.5 Å². The summed E-state index contributed by atoms with van der Waals surface area (Å²) >= 11 is 1.37. The molecule has 25 heavy (non-hydrogen) atoms. The van der Waals surface area contributed by atoms with Gasteiger partial charge in [-0.2, -0.15) is 0 Å². The van der Waals surface area contributed by atoms with Crippen LogP contribution in [0, 0.1) is 0 Å². The molecule has 0 aliphatic rings. The lowest BCUT2D eigenvalue weighted by Gasteiger charge is -2.13. The second kappa shape index (κ2) is 6.82. The van der Waals surface area contributed by atoms with Crippen LogP contribution in [-0.2, 0) is 0 Å². The summed E-state index contributed by atoms with van der Waals surface area (Å²) in [6.07, 6.45) is 0. The fourth-order valence-electron chi connectivity index (χ4n) is 2.46. The molecule has 0 radical (unpaired) electrons. The number of primary amides is 1. The lowest BCUT2D eigenvalue weighted by molar-refractivity contribution is 0.100. The summed E-state index contributed by atoms with van der Waals surface area (Å²) in [6.45, 7) is 0. The second-order valence-corrected chi connectivity index (χ2v) is 6.30. The Labute approximate surface area is 148 Å². The van der Waals surface area contributed by atoms with Crippen molar-refractivity contribution in [2.24, 2.45) is 5.73 Å². The van der Waals surface area contributed by atoms with Gasteiger partial charge >= 0.3 is 0 Å². The quantitative estimate of drug-likeness (QED) is 0.734. The van der Waals surface area contributed by atoms with Crippen LogP contribution in [0.25, 0.3) is 10.1 Å². The van der Waals surface area contributed by atoms with E-state index in [1.54, 1.807) is 6.07 Å². The summed E-state index contributed by atoms with van der Waals surface area (Å²) < 4.78 is 11.4. The first kappa shape index (κ1) is 16.8. The van der Waals surface area contributed by atoms with E-state index in [0.717, 1.165) is 10.1 Å². The number of carbonyl (C=O) groups excluding carboxylic acids is 2. The molecule has 0 aliphatic heterocycles. The van der Waals surface area contributed by atoms with E-state index < -0.39 is 5.91 Å². The first-order valence-electron chi connectivity index (χ1n) is 7.39. The summed E-state index contributed by atoms with van der Waals surface area (Å²) in [5.41, 5.74) is 5.84. The fourth-order valence-corrected chi connectivity index (χ4v) is 3.42. The SMILES string of the molecule is COc1cc(NC(=O)c2cc3ccccc3s2)c(C(N)=O)cc1OC. The van der Waals surface area contributed by atoms with Gasteiger partial charge in [-0.25, -0.2) is 0 Å². The Morgan fingerprint density at radius 2 is 1.72 bits per heavy atom. The van der Waals surface area contributed by atoms with E-state index in [0.29, 0.717) is 16.4 Å². The van der Waals surface area contributed by atoms with Gasteiger partial charge in [0.15, 0.2) is 11.5 Å². The number of benzene rings is 2. The zero-order chi connectivity index (χ0) is 18.0. The van der Waals surface area contributed by atoms with Crippen molar-refractivity contribution in [2.75, 3.05) is 19.5 Å². The molecule has 3 aromatic rings. The third-order valence-electron chi connectivity index (χ3n) is 3.69. The second-order valence-electron chi connectivity index (χ2n) is 5.22. The van der Waals surface area contributed by atoms with E-state index in [9.17, 15) is 9.59 Å². The van der Waals surface area contributed by atoms with Crippen molar-refractivity contribution in [2.45, 2.75) is 0 Å². The molecule has 3 rings (SSSR count). The molecule has 2 amide bonds. The van der Waals surface area contributed by atoms with Gasteiger partial charge in [0, 0.05) is 10.8 Å². The number of hydrogen-bond acceptors (Lipinski definition) is 5.